The number of nitrogens with two attached hydrogens (primary N) is 1. The second kappa shape index (κ2) is 7.56. The van der Waals surface area contributed by atoms with Crippen molar-refractivity contribution < 1.29 is 5.11 Å². The Balaban J connectivity index is 3.51. The highest BCUT2D eigenvalue weighted by atomic mass is 16.3. The predicted molar refractivity (Wildman–Crippen MR) is 53.0 cm³/mol. The molecule has 74 valence electrons. The summed E-state index contributed by atoms with van der Waals surface area (Å²) in [6, 6.07) is 0.277. The van der Waals surface area contributed by atoms with Crippen LogP contribution >= 0.6 is 0 Å². The highest BCUT2D eigenvalue weighted by Gasteiger charge is 2.10. The zero-order valence-corrected chi connectivity index (χ0v) is 8.42. The number of aliphatic hydroxyl groups excluding tert-OH is 1. The normalized spacial score (nSPS) is 16.0. The highest BCUT2D eigenvalue weighted by molar-refractivity contribution is 4.66. The van der Waals surface area contributed by atoms with Gasteiger partial charge >= 0.3 is 0 Å². The number of unbranched alkanes of at least 4 members (excludes halogenated alkanes) is 1. The topological polar surface area (TPSA) is 46.2 Å². The third kappa shape index (κ3) is 5.56. The summed E-state index contributed by atoms with van der Waals surface area (Å²) in [6.45, 7) is 4.57. The molecule has 0 aliphatic carbocycles. The lowest BCUT2D eigenvalue weighted by Gasteiger charge is -2.17. The zero-order valence-electron chi connectivity index (χ0n) is 8.42. The van der Waals surface area contributed by atoms with Crippen molar-refractivity contribution in [2.45, 2.75) is 52.0 Å². The molecule has 0 spiro atoms. The van der Waals surface area contributed by atoms with E-state index in [0.717, 1.165) is 19.3 Å². The summed E-state index contributed by atoms with van der Waals surface area (Å²) in [5, 5.41) is 9.04. The molecule has 0 aliphatic rings. The van der Waals surface area contributed by atoms with Crippen LogP contribution in [0.2, 0.25) is 0 Å². The Kier molecular flexibility index (Phi) is 7.51. The van der Waals surface area contributed by atoms with E-state index in [1.807, 2.05) is 0 Å². The maximum absolute atomic E-state index is 9.04. The summed E-state index contributed by atoms with van der Waals surface area (Å²) in [6.07, 6.45) is 5.54. The molecule has 0 heterocycles. The van der Waals surface area contributed by atoms with Gasteiger partial charge < -0.3 is 10.8 Å². The van der Waals surface area contributed by atoms with Crippen molar-refractivity contribution in [1.29, 1.82) is 0 Å². The molecule has 0 aromatic heterocycles. The molecular formula is C10H23NO. The van der Waals surface area contributed by atoms with Crippen LogP contribution in [0.5, 0.6) is 0 Å². The third-order valence-corrected chi connectivity index (χ3v) is 2.38. The number of rotatable bonds is 7. The van der Waals surface area contributed by atoms with Crippen LogP contribution in [0.15, 0.2) is 0 Å². The van der Waals surface area contributed by atoms with E-state index in [0.29, 0.717) is 12.5 Å². The maximum atomic E-state index is 9.04. The Morgan fingerprint density at radius 1 is 1.33 bits per heavy atom. The van der Waals surface area contributed by atoms with E-state index in [4.69, 9.17) is 10.8 Å². The first kappa shape index (κ1) is 11.9. The van der Waals surface area contributed by atoms with Crippen molar-refractivity contribution in [3.05, 3.63) is 0 Å². The molecule has 0 aliphatic heterocycles. The van der Waals surface area contributed by atoms with Crippen LogP contribution in [0.1, 0.15) is 46.0 Å². The lowest BCUT2D eigenvalue weighted by molar-refractivity contribution is 0.200. The Bertz CT molecular complexity index is 95.8. The molecule has 0 amide bonds. The fourth-order valence-corrected chi connectivity index (χ4v) is 1.37. The molecule has 0 bridgehead atoms. The van der Waals surface area contributed by atoms with Crippen molar-refractivity contribution in [1.82, 2.24) is 0 Å². The van der Waals surface area contributed by atoms with Gasteiger partial charge in [0.2, 0.25) is 0 Å². The summed E-state index contributed by atoms with van der Waals surface area (Å²) >= 11 is 0. The summed E-state index contributed by atoms with van der Waals surface area (Å²) in [5.41, 5.74) is 5.81. The van der Waals surface area contributed by atoms with Gasteiger partial charge in [-0.15, -0.1) is 0 Å². The second-order valence-corrected chi connectivity index (χ2v) is 3.59. The van der Waals surface area contributed by atoms with Gasteiger partial charge in [-0.05, 0) is 25.2 Å². The lowest BCUT2D eigenvalue weighted by atomic mass is 9.94. The van der Waals surface area contributed by atoms with E-state index in [1.165, 1.54) is 12.8 Å². The van der Waals surface area contributed by atoms with Gasteiger partial charge in [-0.3, -0.25) is 0 Å². The SMILES string of the molecule is CCCCC(CO)CC(N)CC. The molecule has 0 aromatic carbocycles. The van der Waals surface area contributed by atoms with E-state index in [-0.39, 0.29) is 6.04 Å². The standard InChI is InChI=1S/C10H23NO/c1-3-5-6-9(8-12)7-10(11)4-2/h9-10,12H,3-8,11H2,1-2H3. The lowest BCUT2D eigenvalue weighted by Crippen LogP contribution is -2.24. The van der Waals surface area contributed by atoms with Gasteiger partial charge in [0.05, 0.1) is 0 Å². The minimum absolute atomic E-state index is 0.277. The minimum atomic E-state index is 0.277. The van der Waals surface area contributed by atoms with Crippen LogP contribution < -0.4 is 5.73 Å². The van der Waals surface area contributed by atoms with Gasteiger partial charge in [0.25, 0.3) is 0 Å². The van der Waals surface area contributed by atoms with Gasteiger partial charge in [-0.1, -0.05) is 26.7 Å². The van der Waals surface area contributed by atoms with Crippen molar-refractivity contribution >= 4 is 0 Å². The van der Waals surface area contributed by atoms with Crippen LogP contribution in [0, 0.1) is 5.92 Å². The first-order valence-electron chi connectivity index (χ1n) is 5.11. The van der Waals surface area contributed by atoms with Crippen LogP contribution in [-0.4, -0.2) is 17.8 Å². The molecule has 0 aromatic rings. The van der Waals surface area contributed by atoms with Crippen LogP contribution in [-0.2, 0) is 0 Å². The Morgan fingerprint density at radius 2 is 2.00 bits per heavy atom. The van der Waals surface area contributed by atoms with E-state index in [2.05, 4.69) is 13.8 Å². The first-order valence-corrected chi connectivity index (χ1v) is 5.11. The van der Waals surface area contributed by atoms with E-state index >= 15 is 0 Å². The summed E-state index contributed by atoms with van der Waals surface area (Å²) in [7, 11) is 0. The highest BCUT2D eigenvalue weighted by Crippen LogP contribution is 2.14. The molecule has 12 heavy (non-hydrogen) atoms. The fraction of sp³-hybridized carbons (Fsp3) is 1.00. The maximum Gasteiger partial charge on any atom is 0.0459 e. The van der Waals surface area contributed by atoms with Gasteiger partial charge in [-0.25, -0.2) is 0 Å². The summed E-state index contributed by atoms with van der Waals surface area (Å²) in [4.78, 5) is 0. The molecular weight excluding hydrogens is 150 g/mol. The van der Waals surface area contributed by atoms with E-state index in [9.17, 15) is 0 Å². The predicted octanol–water partition coefficient (Wildman–Crippen LogP) is 1.91. The van der Waals surface area contributed by atoms with E-state index in [1.54, 1.807) is 0 Å². The van der Waals surface area contributed by atoms with Crippen molar-refractivity contribution in [3.63, 3.8) is 0 Å². The molecule has 2 heteroatoms. The number of hydrogen-bond donors (Lipinski definition) is 2. The number of hydrogen-bond acceptors (Lipinski definition) is 2. The summed E-state index contributed by atoms with van der Waals surface area (Å²) in [5.74, 6) is 0.430. The van der Waals surface area contributed by atoms with Crippen LogP contribution in [0.3, 0.4) is 0 Å². The van der Waals surface area contributed by atoms with E-state index < -0.39 is 0 Å². The fourth-order valence-electron chi connectivity index (χ4n) is 1.37. The smallest absolute Gasteiger partial charge is 0.0459 e. The van der Waals surface area contributed by atoms with Gasteiger partial charge in [0.15, 0.2) is 0 Å². The van der Waals surface area contributed by atoms with Gasteiger partial charge in [0, 0.05) is 12.6 Å². The van der Waals surface area contributed by atoms with Crippen LogP contribution in [0.4, 0.5) is 0 Å². The first-order chi connectivity index (χ1) is 5.74. The molecule has 0 radical (unpaired) electrons. The quantitative estimate of drug-likeness (QED) is 0.618. The Morgan fingerprint density at radius 3 is 2.42 bits per heavy atom. The Hall–Kier alpha value is -0.0800. The average Bonchev–Trinajstić information content (AvgIpc) is 2.11. The largest absolute Gasteiger partial charge is 0.396 e. The Labute approximate surface area is 76.2 Å². The van der Waals surface area contributed by atoms with Crippen molar-refractivity contribution in [2.24, 2.45) is 11.7 Å². The second-order valence-electron chi connectivity index (χ2n) is 3.59. The molecule has 0 saturated carbocycles. The third-order valence-electron chi connectivity index (χ3n) is 2.38. The van der Waals surface area contributed by atoms with Crippen molar-refractivity contribution in [2.75, 3.05) is 6.61 Å². The molecule has 2 nitrogen and oxygen atoms in total. The van der Waals surface area contributed by atoms with Gasteiger partial charge in [-0.2, -0.15) is 0 Å². The van der Waals surface area contributed by atoms with Crippen molar-refractivity contribution in [3.8, 4) is 0 Å². The van der Waals surface area contributed by atoms with Crippen LogP contribution in [0.25, 0.3) is 0 Å². The minimum Gasteiger partial charge on any atom is -0.396 e. The zero-order chi connectivity index (χ0) is 9.40. The summed E-state index contributed by atoms with van der Waals surface area (Å²) < 4.78 is 0. The monoisotopic (exact) mass is 173 g/mol. The molecule has 0 rings (SSSR count). The molecule has 0 fully saturated rings. The molecule has 3 N–H and O–H groups in total. The molecule has 0 saturated heterocycles. The average molecular weight is 173 g/mol. The molecule has 2 unspecified atom stereocenters. The van der Waals surface area contributed by atoms with Gasteiger partial charge in [0.1, 0.15) is 0 Å². The number of aliphatic hydroxyl groups is 1. The molecule has 2 atom stereocenters.